The third kappa shape index (κ3) is 4.04. The molecule has 0 atom stereocenters. The summed E-state index contributed by atoms with van der Waals surface area (Å²) >= 11 is 1.97. The first kappa shape index (κ1) is 31.8. The number of hydrogen-bond donors (Lipinski definition) is 0. The Bertz CT molecular complexity index is 3030. The Morgan fingerprint density at radius 3 is 1.71 bits per heavy atom. The Kier molecular flexibility index (Phi) is 6.55. The number of para-hydroxylation sites is 1. The summed E-state index contributed by atoms with van der Waals surface area (Å²) in [5.41, 5.74) is 20.2. The van der Waals surface area contributed by atoms with Gasteiger partial charge < -0.3 is 4.90 Å². The van der Waals surface area contributed by atoms with Crippen molar-refractivity contribution in [3.05, 3.63) is 221 Å². The highest BCUT2D eigenvalue weighted by Crippen LogP contribution is 2.68. The molecule has 1 aromatic heterocycles. The average Bonchev–Trinajstić information content (AvgIpc) is 3.94. The van der Waals surface area contributed by atoms with E-state index in [2.05, 4.69) is 207 Å². The molecule has 0 saturated heterocycles. The topological polar surface area (TPSA) is 3.24 Å². The van der Waals surface area contributed by atoms with Crippen molar-refractivity contribution >= 4 is 38.5 Å². The normalized spacial score (nSPS) is 14.5. The molecule has 0 N–H and O–H groups in total. The lowest BCUT2D eigenvalue weighted by atomic mass is 9.74. The maximum absolute atomic E-state index is 2.57. The van der Waals surface area contributed by atoms with Crippen LogP contribution in [-0.2, 0) is 10.8 Å². The number of anilines is 3. The molecule has 12 rings (SSSR count). The summed E-state index contributed by atoms with van der Waals surface area (Å²) in [6, 6.07) is 70.4. The van der Waals surface area contributed by atoms with Gasteiger partial charge in [0, 0.05) is 42.8 Å². The minimum atomic E-state index is -0.427. The molecule has 1 spiro atoms. The minimum absolute atomic E-state index is 0.136. The van der Waals surface area contributed by atoms with Crippen molar-refractivity contribution in [1.82, 2.24) is 0 Å². The lowest BCUT2D eigenvalue weighted by Crippen LogP contribution is -2.25. The quantitative estimate of drug-likeness (QED) is 0.174. The average molecular weight is 732 g/mol. The first-order chi connectivity index (χ1) is 27.6. The van der Waals surface area contributed by atoms with Crippen molar-refractivity contribution in [2.45, 2.75) is 24.7 Å². The maximum atomic E-state index is 2.57. The lowest BCUT2D eigenvalue weighted by Gasteiger charge is -2.33. The molecule has 8 aromatic carbocycles. The first-order valence-corrected chi connectivity index (χ1v) is 20.4. The van der Waals surface area contributed by atoms with E-state index in [1.165, 1.54) is 93.0 Å². The Hall–Kier alpha value is -6.48. The summed E-state index contributed by atoms with van der Waals surface area (Å²) in [6.07, 6.45) is 0. The number of hydrogen-bond acceptors (Lipinski definition) is 2. The zero-order valence-electron chi connectivity index (χ0n) is 31.3. The zero-order valence-corrected chi connectivity index (χ0v) is 32.1. The molecule has 0 radical (unpaired) electrons. The van der Waals surface area contributed by atoms with Gasteiger partial charge in [-0.3, -0.25) is 0 Å². The van der Waals surface area contributed by atoms with Gasteiger partial charge in [0.2, 0.25) is 0 Å². The van der Waals surface area contributed by atoms with Crippen LogP contribution in [0.3, 0.4) is 0 Å². The van der Waals surface area contributed by atoms with E-state index in [9.17, 15) is 0 Å². The summed E-state index contributed by atoms with van der Waals surface area (Å²) in [6.45, 7) is 4.76. The van der Waals surface area contributed by atoms with Crippen LogP contribution in [0.5, 0.6) is 0 Å². The van der Waals surface area contributed by atoms with Crippen molar-refractivity contribution in [1.29, 1.82) is 0 Å². The molecule has 9 aromatic rings. The molecule has 0 amide bonds. The molecular weight excluding hydrogens is 695 g/mol. The van der Waals surface area contributed by atoms with Crippen LogP contribution >= 0.6 is 11.3 Å². The zero-order chi connectivity index (χ0) is 37.2. The van der Waals surface area contributed by atoms with Crippen LogP contribution in [0.25, 0.3) is 54.6 Å². The summed E-state index contributed by atoms with van der Waals surface area (Å²) in [7, 11) is 0. The molecule has 1 heterocycles. The molecule has 0 aliphatic heterocycles. The van der Waals surface area contributed by atoms with Gasteiger partial charge in [-0.15, -0.1) is 11.3 Å². The van der Waals surface area contributed by atoms with Gasteiger partial charge in [0.05, 0.1) is 16.8 Å². The second-order valence-electron chi connectivity index (χ2n) is 16.0. The van der Waals surface area contributed by atoms with Gasteiger partial charge in [-0.05, 0) is 86.0 Å². The van der Waals surface area contributed by atoms with Crippen molar-refractivity contribution in [2.75, 3.05) is 4.90 Å². The van der Waals surface area contributed by atoms with Crippen molar-refractivity contribution < 1.29 is 0 Å². The van der Waals surface area contributed by atoms with E-state index in [-0.39, 0.29) is 5.41 Å². The fourth-order valence-corrected chi connectivity index (χ4v) is 12.0. The second-order valence-corrected chi connectivity index (χ2v) is 17.0. The first-order valence-electron chi connectivity index (χ1n) is 19.6. The van der Waals surface area contributed by atoms with Crippen molar-refractivity contribution in [2.24, 2.45) is 0 Å². The van der Waals surface area contributed by atoms with Crippen LogP contribution in [0, 0.1) is 0 Å². The highest BCUT2D eigenvalue weighted by Gasteiger charge is 2.54. The van der Waals surface area contributed by atoms with Gasteiger partial charge in [0.25, 0.3) is 0 Å². The van der Waals surface area contributed by atoms with Crippen LogP contribution in [-0.4, -0.2) is 0 Å². The van der Waals surface area contributed by atoms with E-state index < -0.39 is 5.41 Å². The Balaban J connectivity index is 1.21. The predicted molar refractivity (Wildman–Crippen MR) is 236 cm³/mol. The van der Waals surface area contributed by atoms with E-state index in [4.69, 9.17) is 0 Å². The summed E-state index contributed by atoms with van der Waals surface area (Å²) in [5, 5.41) is 1.32. The van der Waals surface area contributed by atoms with Crippen molar-refractivity contribution in [3.8, 4) is 44.5 Å². The fourth-order valence-electron chi connectivity index (χ4n) is 10.5. The number of thiophene rings is 1. The van der Waals surface area contributed by atoms with E-state index in [1.807, 2.05) is 11.3 Å². The highest BCUT2D eigenvalue weighted by atomic mass is 32.1. The van der Waals surface area contributed by atoms with Crippen molar-refractivity contribution in [3.63, 3.8) is 0 Å². The van der Waals surface area contributed by atoms with Gasteiger partial charge >= 0.3 is 0 Å². The van der Waals surface area contributed by atoms with Crippen LogP contribution < -0.4 is 4.90 Å². The van der Waals surface area contributed by atoms with Crippen LogP contribution in [0.2, 0.25) is 0 Å². The molecule has 56 heavy (non-hydrogen) atoms. The predicted octanol–water partition coefficient (Wildman–Crippen LogP) is 14.7. The monoisotopic (exact) mass is 731 g/mol. The molecule has 3 aliphatic carbocycles. The molecule has 0 saturated carbocycles. The number of benzene rings is 8. The molecule has 0 bridgehead atoms. The van der Waals surface area contributed by atoms with E-state index in [1.54, 1.807) is 0 Å². The van der Waals surface area contributed by atoms with Gasteiger partial charge in [-0.25, -0.2) is 0 Å². The Labute approximate surface area is 331 Å². The highest BCUT2D eigenvalue weighted by molar-refractivity contribution is 7.20. The van der Waals surface area contributed by atoms with E-state index in [0.717, 1.165) is 11.4 Å². The van der Waals surface area contributed by atoms with Crippen LogP contribution in [0.4, 0.5) is 17.1 Å². The number of rotatable bonds is 4. The lowest BCUT2D eigenvalue weighted by molar-refractivity contribution is 0.660. The Morgan fingerprint density at radius 2 is 0.964 bits per heavy atom. The molecular formula is C54H37NS. The minimum Gasteiger partial charge on any atom is -0.309 e. The number of nitrogens with zero attached hydrogens (tertiary/aromatic N) is 1. The summed E-state index contributed by atoms with van der Waals surface area (Å²) in [4.78, 5) is 3.99. The third-order valence-electron chi connectivity index (χ3n) is 12.9. The van der Waals surface area contributed by atoms with Crippen LogP contribution in [0.15, 0.2) is 188 Å². The molecule has 3 aliphatic rings. The molecule has 1 nitrogen and oxygen atoms in total. The van der Waals surface area contributed by atoms with Gasteiger partial charge in [-0.1, -0.05) is 172 Å². The fraction of sp³-hybridized carbons (Fsp3) is 0.0741. The maximum Gasteiger partial charge on any atom is 0.0820 e. The third-order valence-corrected chi connectivity index (χ3v) is 14.2. The van der Waals surface area contributed by atoms with E-state index >= 15 is 0 Å². The summed E-state index contributed by atoms with van der Waals surface area (Å²) < 4.78 is 1.33. The van der Waals surface area contributed by atoms with Gasteiger partial charge in [-0.2, -0.15) is 0 Å². The Morgan fingerprint density at radius 1 is 0.411 bits per heavy atom. The molecule has 264 valence electrons. The van der Waals surface area contributed by atoms with Crippen LogP contribution in [0.1, 0.15) is 46.5 Å². The largest absolute Gasteiger partial charge is 0.309 e. The summed E-state index contributed by atoms with van der Waals surface area (Å²) in [5.74, 6) is 0. The standard InChI is InChI=1S/C54H37NS/c1-53(2)42-24-11-6-20-37(42)40-32-31-35(33-46(40)53)55(47-28-14-9-19-36(47)34-17-4-3-5-18-34)48-29-16-27-45-51(48)50-41-23-10-15-30-49(41)56-52(50)54(45)43-25-12-7-21-38(43)39-22-8-13-26-44(39)54/h3-33H,1-2H3. The smallest absolute Gasteiger partial charge is 0.0820 e. The molecule has 0 fully saturated rings. The molecule has 2 heteroatoms. The van der Waals surface area contributed by atoms with E-state index in [0.29, 0.717) is 0 Å². The van der Waals surface area contributed by atoms with Gasteiger partial charge in [0.1, 0.15) is 0 Å². The van der Waals surface area contributed by atoms with Gasteiger partial charge in [0.15, 0.2) is 0 Å². The SMILES string of the molecule is CC1(C)c2ccccc2-c2ccc(N(c3ccccc3-c3ccccc3)c3cccc4c3-c3c(sc5ccccc35)C43c4ccccc4-c4ccccc43)cc21. The number of fused-ring (bicyclic) bond motifs is 15. The second kappa shape index (κ2) is 11.5. The molecule has 0 unspecified atom stereocenters.